The SMILES string of the molecule is CCOCCn1cc[n+](C)c1.O=S(=O)([N-]S(=O)(=O)C(F)(F)F)C(F)(F)F. The number of imidazole rings is 1. The Balaban J connectivity index is 0.000000502. The number of halogens is 6. The standard InChI is InChI=1S/C8H15N2O.C2F6NO4S2/c1-3-11-7-6-10-5-4-9(2)8-10;3-1(4,5)14(10,11)9-15(12,13)2(6,7)8/h4-5,8H,3,6-7H2,1-2H3;/q+1;-1. The van der Waals surface area contributed by atoms with Crippen LogP contribution in [0.5, 0.6) is 0 Å². The van der Waals surface area contributed by atoms with E-state index >= 15 is 0 Å². The number of aryl methyl sites for hydroxylation is 1. The molecule has 1 aromatic rings. The molecule has 0 spiro atoms. The third kappa shape index (κ3) is 7.88. The summed E-state index contributed by atoms with van der Waals surface area (Å²) in [6.45, 7) is 4.54. The van der Waals surface area contributed by atoms with Crippen LogP contribution in [-0.4, -0.2) is 45.6 Å². The smallest absolute Gasteiger partial charge is 0.421 e. The first-order valence-corrected chi connectivity index (χ1v) is 9.37. The number of hydrogen-bond donors (Lipinski definition) is 0. The fourth-order valence-electron chi connectivity index (χ4n) is 1.16. The minimum atomic E-state index is -6.72. The monoisotopic (exact) mass is 435 g/mol. The Kier molecular flexibility index (Phi) is 8.52. The topological polar surface area (TPSA) is 100 Å². The molecule has 1 aromatic heterocycles. The van der Waals surface area contributed by atoms with Gasteiger partial charge in [0.15, 0.2) is 20.0 Å². The maximum atomic E-state index is 11.4. The Morgan fingerprint density at radius 2 is 1.50 bits per heavy atom. The van der Waals surface area contributed by atoms with Crippen molar-refractivity contribution in [3.63, 3.8) is 0 Å². The number of sulfonamides is 2. The largest absolute Gasteiger partial charge is 0.480 e. The molecule has 0 aromatic carbocycles. The lowest BCUT2D eigenvalue weighted by atomic mass is 10.6. The fourth-order valence-corrected chi connectivity index (χ4v) is 2.87. The zero-order chi connectivity index (χ0) is 20.8. The molecule has 0 fully saturated rings. The molecule has 154 valence electrons. The van der Waals surface area contributed by atoms with Crippen molar-refractivity contribution in [3.05, 3.63) is 22.8 Å². The summed E-state index contributed by atoms with van der Waals surface area (Å²) in [4.78, 5) is 0. The molecule has 0 aliphatic heterocycles. The number of alkyl halides is 6. The van der Waals surface area contributed by atoms with Crippen molar-refractivity contribution in [1.29, 1.82) is 0 Å². The van der Waals surface area contributed by atoms with Crippen LogP contribution >= 0.6 is 0 Å². The number of hydrogen-bond acceptors (Lipinski definition) is 5. The van der Waals surface area contributed by atoms with Crippen molar-refractivity contribution in [3.8, 4) is 0 Å². The van der Waals surface area contributed by atoms with E-state index in [0.29, 0.717) is 0 Å². The van der Waals surface area contributed by atoms with Crippen LogP contribution < -0.4 is 4.57 Å². The van der Waals surface area contributed by atoms with E-state index < -0.39 is 31.1 Å². The molecule has 0 bridgehead atoms. The van der Waals surface area contributed by atoms with Crippen molar-refractivity contribution in [2.24, 2.45) is 7.05 Å². The van der Waals surface area contributed by atoms with E-state index in [1.54, 1.807) is 0 Å². The van der Waals surface area contributed by atoms with Crippen LogP contribution in [-0.2, 0) is 38.4 Å². The lowest BCUT2D eigenvalue weighted by Gasteiger charge is -2.22. The minimum Gasteiger partial charge on any atom is -0.421 e. The van der Waals surface area contributed by atoms with Crippen LogP contribution in [0, 0.1) is 0 Å². The second kappa shape index (κ2) is 9.01. The van der Waals surface area contributed by atoms with Gasteiger partial charge in [-0.3, -0.25) is 0 Å². The Morgan fingerprint density at radius 1 is 1.04 bits per heavy atom. The first-order valence-electron chi connectivity index (χ1n) is 6.49. The van der Waals surface area contributed by atoms with Crippen molar-refractivity contribution in [2.45, 2.75) is 24.5 Å². The summed E-state index contributed by atoms with van der Waals surface area (Å²) >= 11 is 0. The number of aromatic nitrogens is 2. The summed E-state index contributed by atoms with van der Waals surface area (Å²) in [5, 5.41) is 0. The van der Waals surface area contributed by atoms with E-state index in [4.69, 9.17) is 4.74 Å². The number of ether oxygens (including phenoxy) is 1. The second-order valence-corrected chi connectivity index (χ2v) is 7.85. The van der Waals surface area contributed by atoms with E-state index in [1.165, 1.54) is 0 Å². The van der Waals surface area contributed by atoms with Crippen LogP contribution in [0.1, 0.15) is 6.92 Å². The molecule has 0 saturated heterocycles. The van der Waals surface area contributed by atoms with Gasteiger partial charge in [-0.1, -0.05) is 0 Å². The van der Waals surface area contributed by atoms with Gasteiger partial charge < -0.3 is 8.86 Å². The summed E-state index contributed by atoms with van der Waals surface area (Å²) in [6.07, 6.45) is 6.10. The van der Waals surface area contributed by atoms with Gasteiger partial charge in [-0.15, -0.1) is 0 Å². The van der Waals surface area contributed by atoms with Gasteiger partial charge >= 0.3 is 11.0 Å². The highest BCUT2D eigenvalue weighted by Crippen LogP contribution is 2.36. The Hall–Kier alpha value is -1.39. The van der Waals surface area contributed by atoms with Gasteiger partial charge in [0.2, 0.25) is 6.33 Å². The normalized spacial score (nSPS) is 13.2. The zero-order valence-corrected chi connectivity index (χ0v) is 15.0. The average Bonchev–Trinajstić information content (AvgIpc) is 2.82. The molecule has 26 heavy (non-hydrogen) atoms. The van der Waals surface area contributed by atoms with Crippen LogP contribution in [0.25, 0.3) is 4.13 Å². The van der Waals surface area contributed by atoms with E-state index in [2.05, 4.69) is 4.57 Å². The zero-order valence-electron chi connectivity index (χ0n) is 13.3. The van der Waals surface area contributed by atoms with Gasteiger partial charge in [0.1, 0.15) is 18.9 Å². The molecule has 0 amide bonds. The van der Waals surface area contributed by atoms with Crippen LogP contribution in [0.15, 0.2) is 18.7 Å². The van der Waals surface area contributed by atoms with E-state index in [-0.39, 0.29) is 0 Å². The Morgan fingerprint density at radius 3 is 1.81 bits per heavy atom. The van der Waals surface area contributed by atoms with Crippen molar-refractivity contribution >= 4 is 20.0 Å². The number of nitrogens with zero attached hydrogens (tertiary/aromatic N) is 3. The summed E-state index contributed by atoms with van der Waals surface area (Å²) in [6, 6.07) is 0. The van der Waals surface area contributed by atoms with Crippen LogP contribution in [0.2, 0.25) is 0 Å². The van der Waals surface area contributed by atoms with E-state index in [0.717, 1.165) is 23.9 Å². The summed E-state index contributed by atoms with van der Waals surface area (Å²) in [5.74, 6) is 0. The molecule has 0 radical (unpaired) electrons. The Labute approximate surface area is 145 Å². The minimum absolute atomic E-state index is 0.778. The highest BCUT2D eigenvalue weighted by atomic mass is 32.3. The molecule has 0 saturated carbocycles. The second-order valence-electron chi connectivity index (χ2n) is 4.43. The van der Waals surface area contributed by atoms with Gasteiger partial charge in [0.25, 0.3) is 0 Å². The molecule has 0 unspecified atom stereocenters. The summed E-state index contributed by atoms with van der Waals surface area (Å²) in [5.41, 5.74) is -12.4. The first-order chi connectivity index (χ1) is 11.5. The highest BCUT2D eigenvalue weighted by Gasteiger charge is 2.46. The highest BCUT2D eigenvalue weighted by molar-refractivity contribution is 8.13. The van der Waals surface area contributed by atoms with E-state index in [9.17, 15) is 43.2 Å². The Bertz CT molecular complexity index is 728. The van der Waals surface area contributed by atoms with Crippen LogP contribution in [0.3, 0.4) is 0 Å². The van der Waals surface area contributed by atoms with Gasteiger partial charge in [0.05, 0.1) is 13.7 Å². The van der Waals surface area contributed by atoms with Gasteiger partial charge in [0, 0.05) is 6.61 Å². The van der Waals surface area contributed by atoms with Crippen LogP contribution in [0.4, 0.5) is 26.3 Å². The maximum Gasteiger partial charge on any atom is 0.480 e. The third-order valence-corrected chi connectivity index (χ3v) is 5.04. The molecule has 0 aliphatic rings. The van der Waals surface area contributed by atoms with Gasteiger partial charge in [-0.05, 0) is 6.92 Å². The summed E-state index contributed by atoms with van der Waals surface area (Å²) in [7, 11) is -11.4. The quantitative estimate of drug-likeness (QED) is 0.382. The molecule has 8 nitrogen and oxygen atoms in total. The van der Waals surface area contributed by atoms with Gasteiger partial charge in [-0.2, -0.15) is 26.3 Å². The van der Waals surface area contributed by atoms with Crippen molar-refractivity contribution in [1.82, 2.24) is 4.57 Å². The van der Waals surface area contributed by atoms with E-state index in [1.807, 2.05) is 37.3 Å². The lowest BCUT2D eigenvalue weighted by molar-refractivity contribution is -0.671. The van der Waals surface area contributed by atoms with Crippen molar-refractivity contribution in [2.75, 3.05) is 13.2 Å². The average molecular weight is 435 g/mol. The predicted molar refractivity (Wildman–Crippen MR) is 75.4 cm³/mol. The molecule has 0 N–H and O–H groups in total. The third-order valence-electron chi connectivity index (χ3n) is 2.30. The maximum absolute atomic E-state index is 11.4. The molecule has 16 heteroatoms. The van der Waals surface area contributed by atoms with Crippen molar-refractivity contribution < 1.29 is 52.5 Å². The number of rotatable bonds is 6. The fraction of sp³-hybridized carbons (Fsp3) is 0.700. The summed E-state index contributed by atoms with van der Waals surface area (Å²) < 4.78 is 119. The molecule has 1 rings (SSSR count). The molecule has 1 heterocycles. The molecular weight excluding hydrogens is 420 g/mol. The first kappa shape index (κ1) is 24.6. The van der Waals surface area contributed by atoms with Gasteiger partial charge in [-0.25, -0.2) is 26.0 Å². The predicted octanol–water partition coefficient (Wildman–Crippen LogP) is 1.41. The lowest BCUT2D eigenvalue weighted by Crippen LogP contribution is -2.30. The molecular formula is C10H15F6N3O5S2. The molecule has 0 atom stereocenters. The molecule has 0 aliphatic carbocycles.